The van der Waals surface area contributed by atoms with Crippen LogP contribution in [0.1, 0.15) is 28.6 Å². The van der Waals surface area contributed by atoms with E-state index in [9.17, 15) is 4.79 Å². The first-order valence-electron chi connectivity index (χ1n) is 7.44. The third kappa shape index (κ3) is 3.53. The number of fused-ring (bicyclic) bond motifs is 1. The van der Waals surface area contributed by atoms with Crippen LogP contribution in [0.15, 0.2) is 54.7 Å². The Balaban J connectivity index is 1.87. The molecule has 1 N–H and O–H groups in total. The number of carbonyl (C=O) groups is 1. The number of nitrogens with one attached hydrogen (secondary N) is 1. The molecule has 0 bridgehead atoms. The fourth-order valence-electron chi connectivity index (χ4n) is 2.43. The SMILES string of the molecule is CSCC[C@@H](NC(=O)c1ccccc1)c1nnc2ccccn12. The van der Waals surface area contributed by atoms with E-state index in [0.717, 1.165) is 23.6 Å². The minimum absolute atomic E-state index is 0.0932. The van der Waals surface area contributed by atoms with E-state index in [4.69, 9.17) is 0 Å². The molecule has 2 heterocycles. The summed E-state index contributed by atoms with van der Waals surface area (Å²) in [7, 11) is 0. The van der Waals surface area contributed by atoms with Crippen LogP contribution in [-0.2, 0) is 0 Å². The maximum Gasteiger partial charge on any atom is 0.251 e. The molecule has 5 nitrogen and oxygen atoms in total. The van der Waals surface area contributed by atoms with Gasteiger partial charge in [-0.25, -0.2) is 0 Å². The van der Waals surface area contributed by atoms with Crippen molar-refractivity contribution < 1.29 is 4.79 Å². The van der Waals surface area contributed by atoms with E-state index >= 15 is 0 Å². The summed E-state index contributed by atoms with van der Waals surface area (Å²) in [6.45, 7) is 0. The predicted octanol–water partition coefficient (Wildman–Crippen LogP) is 2.95. The van der Waals surface area contributed by atoms with Gasteiger partial charge in [-0.3, -0.25) is 9.20 Å². The first-order chi connectivity index (χ1) is 11.3. The molecule has 0 spiro atoms. The molecule has 6 heteroatoms. The second-order valence-electron chi connectivity index (χ2n) is 5.16. The first kappa shape index (κ1) is 15.6. The second kappa shape index (κ2) is 7.28. The van der Waals surface area contributed by atoms with Gasteiger partial charge in [0, 0.05) is 11.8 Å². The number of thioether (sulfide) groups is 1. The molecule has 3 aromatic rings. The number of aromatic nitrogens is 3. The zero-order valence-corrected chi connectivity index (χ0v) is 13.7. The Hall–Kier alpha value is -2.34. The Morgan fingerprint density at radius 1 is 1.17 bits per heavy atom. The van der Waals surface area contributed by atoms with Crippen molar-refractivity contribution in [3.8, 4) is 0 Å². The molecule has 0 fully saturated rings. The van der Waals surface area contributed by atoms with E-state index in [1.807, 2.05) is 59.1 Å². The third-order valence-electron chi connectivity index (χ3n) is 3.60. The summed E-state index contributed by atoms with van der Waals surface area (Å²) in [4.78, 5) is 12.5. The lowest BCUT2D eigenvalue weighted by Gasteiger charge is -2.17. The molecule has 1 aromatic carbocycles. The quantitative estimate of drug-likeness (QED) is 0.756. The molecule has 2 aromatic heterocycles. The molecule has 23 heavy (non-hydrogen) atoms. The topological polar surface area (TPSA) is 59.3 Å². The lowest BCUT2D eigenvalue weighted by molar-refractivity contribution is 0.0934. The molecule has 1 amide bonds. The minimum Gasteiger partial charge on any atom is -0.342 e. The predicted molar refractivity (Wildman–Crippen MR) is 92.6 cm³/mol. The first-order valence-corrected chi connectivity index (χ1v) is 8.83. The average molecular weight is 326 g/mol. The molecule has 3 rings (SSSR count). The van der Waals surface area contributed by atoms with Crippen LogP contribution in [0.25, 0.3) is 5.65 Å². The van der Waals surface area contributed by atoms with Gasteiger partial charge in [-0.1, -0.05) is 24.3 Å². The summed E-state index contributed by atoms with van der Waals surface area (Å²) in [6, 6.07) is 14.8. The molecule has 0 aliphatic rings. The number of hydrogen-bond acceptors (Lipinski definition) is 4. The molecule has 0 saturated heterocycles. The fraction of sp³-hybridized carbons (Fsp3) is 0.235. The van der Waals surface area contributed by atoms with Crippen LogP contribution in [-0.4, -0.2) is 32.5 Å². The molecule has 1 atom stereocenters. The van der Waals surface area contributed by atoms with Gasteiger partial charge in [-0.05, 0) is 42.7 Å². The monoisotopic (exact) mass is 326 g/mol. The van der Waals surface area contributed by atoms with Gasteiger partial charge in [0.05, 0.1) is 6.04 Å². The highest BCUT2D eigenvalue weighted by atomic mass is 32.2. The van der Waals surface area contributed by atoms with Gasteiger partial charge in [0.25, 0.3) is 5.91 Å². The Labute approximate surface area is 139 Å². The van der Waals surface area contributed by atoms with Crippen LogP contribution in [0, 0.1) is 0 Å². The second-order valence-corrected chi connectivity index (χ2v) is 6.15. The van der Waals surface area contributed by atoms with Gasteiger partial charge in [-0.15, -0.1) is 10.2 Å². The molecular formula is C17H18N4OS. The zero-order chi connectivity index (χ0) is 16.1. The van der Waals surface area contributed by atoms with E-state index in [-0.39, 0.29) is 11.9 Å². The Morgan fingerprint density at radius 3 is 2.74 bits per heavy atom. The van der Waals surface area contributed by atoms with E-state index < -0.39 is 0 Å². The molecule has 0 saturated carbocycles. The highest BCUT2D eigenvalue weighted by molar-refractivity contribution is 7.98. The summed E-state index contributed by atoms with van der Waals surface area (Å²) >= 11 is 1.75. The van der Waals surface area contributed by atoms with Gasteiger partial charge in [0.15, 0.2) is 11.5 Å². The van der Waals surface area contributed by atoms with Crippen LogP contribution >= 0.6 is 11.8 Å². The lowest BCUT2D eigenvalue weighted by atomic mass is 10.1. The number of amides is 1. The minimum atomic E-state index is -0.174. The van der Waals surface area contributed by atoms with Crippen molar-refractivity contribution >= 4 is 23.3 Å². The molecule has 0 radical (unpaired) electrons. The number of carbonyl (C=O) groups excluding carboxylic acids is 1. The van der Waals surface area contributed by atoms with Crippen molar-refractivity contribution in [3.63, 3.8) is 0 Å². The maximum absolute atomic E-state index is 12.5. The number of hydrogen-bond donors (Lipinski definition) is 1. The lowest BCUT2D eigenvalue weighted by Crippen LogP contribution is -2.30. The largest absolute Gasteiger partial charge is 0.342 e. The van der Waals surface area contributed by atoms with E-state index in [2.05, 4.69) is 21.8 Å². The van der Waals surface area contributed by atoms with Crippen molar-refractivity contribution in [2.45, 2.75) is 12.5 Å². The average Bonchev–Trinajstić information content (AvgIpc) is 3.03. The summed E-state index contributed by atoms with van der Waals surface area (Å²) in [5.74, 6) is 1.60. The number of benzene rings is 1. The normalized spacial score (nSPS) is 12.2. The van der Waals surface area contributed by atoms with Crippen molar-refractivity contribution in [3.05, 3.63) is 66.1 Å². The van der Waals surface area contributed by atoms with Gasteiger partial charge in [-0.2, -0.15) is 11.8 Å². The van der Waals surface area contributed by atoms with Crippen LogP contribution < -0.4 is 5.32 Å². The highest BCUT2D eigenvalue weighted by Gasteiger charge is 2.20. The van der Waals surface area contributed by atoms with E-state index in [0.29, 0.717) is 5.56 Å². The van der Waals surface area contributed by atoms with Crippen LogP contribution in [0.3, 0.4) is 0 Å². The summed E-state index contributed by atoms with van der Waals surface area (Å²) in [5.41, 5.74) is 1.43. The standard InChI is InChI=1S/C17H18N4OS/c1-23-12-10-14(18-17(22)13-7-3-2-4-8-13)16-20-19-15-9-5-6-11-21(15)16/h2-9,11,14H,10,12H2,1H3,(H,18,22)/t14-/m1/s1. The van der Waals surface area contributed by atoms with Gasteiger partial charge in [0.2, 0.25) is 0 Å². The summed E-state index contributed by atoms with van der Waals surface area (Å²) in [5, 5.41) is 11.6. The van der Waals surface area contributed by atoms with E-state index in [1.165, 1.54) is 0 Å². The van der Waals surface area contributed by atoms with Crippen molar-refractivity contribution in [2.75, 3.05) is 12.0 Å². The zero-order valence-electron chi connectivity index (χ0n) is 12.8. The van der Waals surface area contributed by atoms with Crippen LogP contribution in [0.4, 0.5) is 0 Å². The molecule has 118 valence electrons. The molecular weight excluding hydrogens is 308 g/mol. The van der Waals surface area contributed by atoms with Crippen molar-refractivity contribution in [2.24, 2.45) is 0 Å². The molecule has 0 unspecified atom stereocenters. The molecule has 0 aliphatic carbocycles. The number of nitrogens with zero attached hydrogens (tertiary/aromatic N) is 3. The van der Waals surface area contributed by atoms with Gasteiger partial charge in [0.1, 0.15) is 0 Å². The van der Waals surface area contributed by atoms with E-state index in [1.54, 1.807) is 11.8 Å². The Bertz CT molecular complexity index is 787. The van der Waals surface area contributed by atoms with Crippen molar-refractivity contribution in [1.29, 1.82) is 0 Å². The van der Waals surface area contributed by atoms with Gasteiger partial charge >= 0.3 is 0 Å². The Morgan fingerprint density at radius 2 is 1.96 bits per heavy atom. The highest BCUT2D eigenvalue weighted by Crippen LogP contribution is 2.19. The number of rotatable bonds is 6. The van der Waals surface area contributed by atoms with Crippen LogP contribution in [0.5, 0.6) is 0 Å². The summed E-state index contributed by atoms with van der Waals surface area (Å²) < 4.78 is 1.93. The fourth-order valence-corrected chi connectivity index (χ4v) is 2.90. The smallest absolute Gasteiger partial charge is 0.251 e. The van der Waals surface area contributed by atoms with Crippen molar-refractivity contribution in [1.82, 2.24) is 19.9 Å². The van der Waals surface area contributed by atoms with Gasteiger partial charge < -0.3 is 5.32 Å². The third-order valence-corrected chi connectivity index (χ3v) is 4.25. The number of pyridine rings is 1. The Kier molecular flexibility index (Phi) is 4.92. The maximum atomic E-state index is 12.5. The molecule has 0 aliphatic heterocycles. The van der Waals surface area contributed by atoms with Crippen LogP contribution in [0.2, 0.25) is 0 Å². The summed E-state index contributed by atoms with van der Waals surface area (Å²) in [6.07, 6.45) is 4.78.